The molecule has 0 radical (unpaired) electrons. The van der Waals surface area contributed by atoms with Gasteiger partial charge in [0.2, 0.25) is 0 Å². The van der Waals surface area contributed by atoms with E-state index in [-0.39, 0.29) is 18.2 Å². The number of halogens is 1. The summed E-state index contributed by atoms with van der Waals surface area (Å²) in [7, 11) is 0. The monoisotopic (exact) mass is 435 g/mol. The van der Waals surface area contributed by atoms with Crippen LogP contribution in [0.2, 0.25) is 0 Å². The van der Waals surface area contributed by atoms with Crippen molar-refractivity contribution in [2.75, 3.05) is 5.32 Å². The zero-order valence-corrected chi connectivity index (χ0v) is 17.9. The van der Waals surface area contributed by atoms with Crippen LogP contribution in [0, 0.1) is 12.7 Å². The summed E-state index contributed by atoms with van der Waals surface area (Å²) in [6.07, 6.45) is 1.57. The van der Waals surface area contributed by atoms with Gasteiger partial charge in [0.1, 0.15) is 24.5 Å². The molecule has 0 fully saturated rings. The Morgan fingerprint density at radius 3 is 2.62 bits per heavy atom. The smallest absolute Gasteiger partial charge is 0.274 e. The first kappa shape index (κ1) is 21.2. The fourth-order valence-electron chi connectivity index (χ4n) is 3.23. The van der Waals surface area contributed by atoms with Crippen LogP contribution in [-0.4, -0.2) is 25.1 Å². The zero-order chi connectivity index (χ0) is 22.8. The lowest BCUT2D eigenvalue weighted by Crippen LogP contribution is -2.23. The van der Waals surface area contributed by atoms with Crippen LogP contribution in [0.3, 0.4) is 0 Å². The maximum atomic E-state index is 13.1. The molecular weight excluding hydrogens is 413 g/mol. The first-order valence-electron chi connectivity index (χ1n) is 10.1. The van der Waals surface area contributed by atoms with Gasteiger partial charge in [0, 0.05) is 17.7 Å². The Bertz CT molecular complexity index is 1340. The number of carbonyl (C=O) groups is 1. The summed E-state index contributed by atoms with van der Waals surface area (Å²) in [6, 6.07) is 12.1. The van der Waals surface area contributed by atoms with Gasteiger partial charge >= 0.3 is 0 Å². The average Bonchev–Trinajstić information content (AvgIpc) is 3.18. The van der Waals surface area contributed by atoms with E-state index < -0.39 is 11.7 Å². The third-order valence-corrected chi connectivity index (χ3v) is 4.85. The van der Waals surface area contributed by atoms with Crippen molar-refractivity contribution >= 4 is 17.4 Å². The van der Waals surface area contributed by atoms with Gasteiger partial charge in [-0.15, -0.1) is 0 Å². The molecule has 164 valence electrons. The van der Waals surface area contributed by atoms with Gasteiger partial charge in [-0.1, -0.05) is 6.07 Å². The lowest BCUT2D eigenvalue weighted by Gasteiger charge is -2.14. The highest BCUT2D eigenvalue weighted by atomic mass is 19.1. The number of benzene rings is 2. The number of amides is 1. The van der Waals surface area contributed by atoms with E-state index in [9.17, 15) is 14.0 Å². The van der Waals surface area contributed by atoms with Crippen LogP contribution in [0.4, 0.5) is 10.1 Å². The molecule has 0 atom stereocenters. The number of anilines is 1. The molecule has 0 spiro atoms. The lowest BCUT2D eigenvalue weighted by molar-refractivity contribution is 0.102. The fourth-order valence-corrected chi connectivity index (χ4v) is 3.23. The number of aryl methyl sites for hydroxylation is 1. The SMILES string of the molecule is Cc1ccc(OCc2cc(=O)n3c(ncn3C(C)C)n2)c(NC(=O)c2ccc(F)cc2)c1. The van der Waals surface area contributed by atoms with Gasteiger partial charge in [-0.25, -0.2) is 9.37 Å². The van der Waals surface area contributed by atoms with E-state index in [1.165, 1.54) is 34.8 Å². The van der Waals surface area contributed by atoms with E-state index in [1.807, 2.05) is 26.8 Å². The minimum atomic E-state index is -0.417. The van der Waals surface area contributed by atoms with Gasteiger partial charge < -0.3 is 10.1 Å². The lowest BCUT2D eigenvalue weighted by atomic mass is 10.1. The first-order chi connectivity index (χ1) is 15.3. The molecule has 0 saturated heterocycles. The average molecular weight is 435 g/mol. The summed E-state index contributed by atoms with van der Waals surface area (Å²) in [6.45, 7) is 5.80. The quantitative estimate of drug-likeness (QED) is 0.498. The summed E-state index contributed by atoms with van der Waals surface area (Å²) >= 11 is 0. The fraction of sp³-hybridized carbons (Fsp3) is 0.217. The summed E-state index contributed by atoms with van der Waals surface area (Å²) in [4.78, 5) is 33.7. The van der Waals surface area contributed by atoms with Crippen LogP contribution in [0.1, 0.15) is 41.5 Å². The normalized spacial score (nSPS) is 11.2. The van der Waals surface area contributed by atoms with E-state index in [0.717, 1.165) is 5.56 Å². The summed E-state index contributed by atoms with van der Waals surface area (Å²) in [5, 5.41) is 2.79. The van der Waals surface area contributed by atoms with E-state index >= 15 is 0 Å². The molecule has 2 aromatic heterocycles. The molecule has 0 aliphatic rings. The number of hydrogen-bond donors (Lipinski definition) is 1. The van der Waals surface area contributed by atoms with E-state index in [2.05, 4.69) is 15.3 Å². The molecule has 9 heteroatoms. The predicted octanol–water partition coefficient (Wildman–Crippen LogP) is 3.75. The summed E-state index contributed by atoms with van der Waals surface area (Å²) < 4.78 is 22.1. The number of aromatic nitrogens is 4. The number of ether oxygens (including phenoxy) is 1. The van der Waals surface area contributed by atoms with Crippen LogP contribution >= 0.6 is 0 Å². The standard InChI is InChI=1S/C23H22FN5O3/c1-14(2)28-13-25-23-26-18(11-21(30)29(23)28)12-32-20-9-4-15(3)10-19(20)27-22(31)16-5-7-17(24)8-6-16/h4-11,13-14H,12H2,1-3H3,(H,27,31). The zero-order valence-electron chi connectivity index (χ0n) is 17.9. The molecule has 1 amide bonds. The van der Waals surface area contributed by atoms with Crippen LogP contribution in [-0.2, 0) is 6.61 Å². The van der Waals surface area contributed by atoms with Crippen molar-refractivity contribution in [1.82, 2.24) is 19.2 Å². The molecule has 0 saturated carbocycles. The molecule has 8 nitrogen and oxygen atoms in total. The number of fused-ring (bicyclic) bond motifs is 1. The Labute approximate surface area is 183 Å². The largest absolute Gasteiger partial charge is 0.485 e. The second kappa shape index (κ2) is 8.62. The second-order valence-corrected chi connectivity index (χ2v) is 7.67. The third-order valence-electron chi connectivity index (χ3n) is 4.85. The molecule has 0 unspecified atom stereocenters. The maximum Gasteiger partial charge on any atom is 0.274 e. The minimum absolute atomic E-state index is 0.0166. The second-order valence-electron chi connectivity index (χ2n) is 7.67. The Balaban J connectivity index is 1.55. The van der Waals surface area contributed by atoms with E-state index in [1.54, 1.807) is 23.1 Å². The third kappa shape index (κ3) is 4.36. The molecule has 0 aliphatic carbocycles. The Kier molecular flexibility index (Phi) is 5.72. The van der Waals surface area contributed by atoms with Crippen LogP contribution in [0.5, 0.6) is 5.75 Å². The van der Waals surface area contributed by atoms with Gasteiger partial charge in [0.05, 0.1) is 11.4 Å². The predicted molar refractivity (Wildman–Crippen MR) is 117 cm³/mol. The van der Waals surface area contributed by atoms with Gasteiger partial charge in [-0.2, -0.15) is 9.50 Å². The van der Waals surface area contributed by atoms with Crippen LogP contribution in [0.15, 0.2) is 59.7 Å². The molecule has 0 bridgehead atoms. The summed E-state index contributed by atoms with van der Waals surface area (Å²) in [5.41, 5.74) is 1.86. The van der Waals surface area contributed by atoms with Gasteiger partial charge in [-0.3, -0.25) is 14.3 Å². The van der Waals surface area contributed by atoms with Crippen LogP contribution in [0.25, 0.3) is 5.78 Å². The summed E-state index contributed by atoms with van der Waals surface area (Å²) in [5.74, 6) is -0.100. The highest BCUT2D eigenvalue weighted by Gasteiger charge is 2.13. The van der Waals surface area contributed by atoms with E-state index in [4.69, 9.17) is 4.74 Å². The topological polar surface area (TPSA) is 90.5 Å². The Hall–Kier alpha value is -4.01. The van der Waals surface area contributed by atoms with Crippen LogP contribution < -0.4 is 15.6 Å². The van der Waals surface area contributed by atoms with Crippen molar-refractivity contribution in [2.45, 2.75) is 33.4 Å². The molecule has 2 heterocycles. The minimum Gasteiger partial charge on any atom is -0.485 e. The van der Waals surface area contributed by atoms with Crippen molar-refractivity contribution in [3.63, 3.8) is 0 Å². The van der Waals surface area contributed by atoms with Gasteiger partial charge in [0.15, 0.2) is 0 Å². The van der Waals surface area contributed by atoms with Crippen molar-refractivity contribution in [1.29, 1.82) is 0 Å². The van der Waals surface area contributed by atoms with E-state index in [0.29, 0.717) is 28.5 Å². The Morgan fingerprint density at radius 1 is 1.16 bits per heavy atom. The molecule has 4 rings (SSSR count). The van der Waals surface area contributed by atoms with Gasteiger partial charge in [-0.05, 0) is 62.7 Å². The van der Waals surface area contributed by atoms with Crippen molar-refractivity contribution in [3.05, 3.63) is 87.9 Å². The molecule has 32 heavy (non-hydrogen) atoms. The highest BCUT2D eigenvalue weighted by Crippen LogP contribution is 2.27. The molecule has 2 aromatic carbocycles. The Morgan fingerprint density at radius 2 is 1.91 bits per heavy atom. The molecule has 1 N–H and O–H groups in total. The maximum absolute atomic E-state index is 13.1. The number of hydrogen-bond acceptors (Lipinski definition) is 5. The first-order valence-corrected chi connectivity index (χ1v) is 10.1. The number of nitrogens with one attached hydrogen (secondary N) is 1. The van der Waals surface area contributed by atoms with Crippen molar-refractivity contribution < 1.29 is 13.9 Å². The molecule has 4 aromatic rings. The number of rotatable bonds is 6. The number of nitrogens with zero attached hydrogens (tertiary/aromatic N) is 4. The van der Waals surface area contributed by atoms with Crippen molar-refractivity contribution in [3.8, 4) is 5.75 Å². The number of carbonyl (C=O) groups excluding carboxylic acids is 1. The van der Waals surface area contributed by atoms with Crippen molar-refractivity contribution in [2.24, 2.45) is 0 Å². The highest BCUT2D eigenvalue weighted by molar-refractivity contribution is 6.05. The molecule has 0 aliphatic heterocycles. The molecular formula is C23H22FN5O3. The van der Waals surface area contributed by atoms with Gasteiger partial charge in [0.25, 0.3) is 17.2 Å².